The maximum atomic E-state index is 14.2. The molecule has 8 nitrogen and oxygen atoms in total. The van der Waals surface area contributed by atoms with Gasteiger partial charge in [0.05, 0.1) is 11.9 Å². The fourth-order valence-electron chi connectivity index (χ4n) is 4.83. The van der Waals surface area contributed by atoms with Crippen LogP contribution < -0.4 is 14.4 Å². The van der Waals surface area contributed by atoms with Crippen LogP contribution in [0.1, 0.15) is 30.5 Å². The number of benzene rings is 4. The molecule has 4 rings (SSSR count). The smallest absolute Gasteiger partial charge is 0.244 e. The molecule has 0 saturated heterocycles. The fraction of sp³-hybridized carbons (Fsp3) is 0.257. The summed E-state index contributed by atoms with van der Waals surface area (Å²) in [5.74, 6) is -0.264. The molecule has 4 aromatic carbocycles. The monoisotopic (exact) mass is 691 g/mol. The molecule has 0 bridgehead atoms. The van der Waals surface area contributed by atoms with E-state index in [4.69, 9.17) is 4.74 Å². The number of nitrogens with zero attached hydrogens (tertiary/aromatic N) is 2. The Morgan fingerprint density at radius 2 is 1.42 bits per heavy atom. The molecule has 0 aliphatic rings. The maximum Gasteiger partial charge on any atom is 0.244 e. The Kier molecular flexibility index (Phi) is 11.8. The van der Waals surface area contributed by atoms with Crippen LogP contribution in [0.5, 0.6) is 5.75 Å². The topological polar surface area (TPSA) is 96.0 Å². The summed E-state index contributed by atoms with van der Waals surface area (Å²) >= 11 is 3.49. The first-order valence-electron chi connectivity index (χ1n) is 14.6. The highest BCUT2D eigenvalue weighted by Crippen LogP contribution is 2.24. The Balaban J connectivity index is 1.64. The number of sulfonamides is 1. The van der Waals surface area contributed by atoms with Crippen LogP contribution in [0, 0.1) is 0 Å². The lowest BCUT2D eigenvalue weighted by Crippen LogP contribution is -2.54. The van der Waals surface area contributed by atoms with Gasteiger partial charge in [-0.25, -0.2) is 8.42 Å². The van der Waals surface area contributed by atoms with Gasteiger partial charge in [0.1, 0.15) is 24.9 Å². The lowest BCUT2D eigenvalue weighted by atomic mass is 10.0. The fourth-order valence-corrected chi connectivity index (χ4v) is 6.13. The quantitative estimate of drug-likeness (QED) is 0.176. The normalized spacial score (nSPS) is 11.9. The number of halogens is 1. The number of amides is 2. The summed E-state index contributed by atoms with van der Waals surface area (Å²) in [6.45, 7) is 3.69. The molecule has 1 atom stereocenters. The molecule has 1 N–H and O–H groups in total. The number of anilines is 1. The van der Waals surface area contributed by atoms with Crippen LogP contribution in [0.3, 0.4) is 0 Å². The molecule has 0 aliphatic carbocycles. The summed E-state index contributed by atoms with van der Waals surface area (Å²) in [5, 5.41) is 2.95. The standard InChI is InChI=1S/C35H38BrN3O5S/c1-26(2)37-35(41)33(22-27-11-6-4-7-12-27)38(23-29-15-10-16-30(36)21-29)34(40)24-39(45(3,42)43)31-17-19-32(20-18-31)44-25-28-13-8-5-9-14-28/h4-21,26,33H,22-25H2,1-3H3,(H,37,41)/t33-/m0/s1. The first-order chi connectivity index (χ1) is 21.5. The van der Waals surface area contributed by atoms with Crippen LogP contribution in [-0.4, -0.2) is 50.0 Å². The zero-order chi connectivity index (χ0) is 32.4. The number of hydrogen-bond acceptors (Lipinski definition) is 5. The zero-order valence-corrected chi connectivity index (χ0v) is 28.0. The second kappa shape index (κ2) is 15.7. The molecule has 0 unspecified atom stereocenters. The number of ether oxygens (including phenoxy) is 1. The molecule has 0 aliphatic heterocycles. The third-order valence-corrected chi connectivity index (χ3v) is 8.63. The van der Waals surface area contributed by atoms with E-state index >= 15 is 0 Å². The molecule has 0 saturated carbocycles. The van der Waals surface area contributed by atoms with Crippen molar-refractivity contribution in [3.05, 3.63) is 130 Å². The predicted octanol–water partition coefficient (Wildman–Crippen LogP) is 5.96. The van der Waals surface area contributed by atoms with Crippen molar-refractivity contribution in [1.29, 1.82) is 0 Å². The number of rotatable bonds is 14. The second-order valence-corrected chi connectivity index (χ2v) is 13.9. The van der Waals surface area contributed by atoms with Gasteiger partial charge in [0.2, 0.25) is 21.8 Å². The first kappa shape index (κ1) is 33.7. The second-order valence-electron chi connectivity index (χ2n) is 11.1. The van der Waals surface area contributed by atoms with Crippen LogP contribution in [-0.2, 0) is 39.2 Å². The van der Waals surface area contributed by atoms with Gasteiger partial charge in [-0.2, -0.15) is 0 Å². The highest BCUT2D eigenvalue weighted by molar-refractivity contribution is 9.10. The Labute approximate surface area is 274 Å². The van der Waals surface area contributed by atoms with Crippen molar-refractivity contribution < 1.29 is 22.7 Å². The minimum absolute atomic E-state index is 0.102. The van der Waals surface area contributed by atoms with E-state index in [1.54, 1.807) is 24.3 Å². The summed E-state index contributed by atoms with van der Waals surface area (Å²) < 4.78 is 33.9. The third kappa shape index (κ3) is 10.2. The van der Waals surface area contributed by atoms with Crippen molar-refractivity contribution in [2.75, 3.05) is 17.1 Å². The van der Waals surface area contributed by atoms with E-state index < -0.39 is 28.5 Å². The van der Waals surface area contributed by atoms with Crippen molar-refractivity contribution in [3.8, 4) is 5.75 Å². The summed E-state index contributed by atoms with van der Waals surface area (Å²) in [5.41, 5.74) is 2.98. The van der Waals surface area contributed by atoms with Crippen LogP contribution in [0.25, 0.3) is 0 Å². The van der Waals surface area contributed by atoms with Gasteiger partial charge < -0.3 is 15.0 Å². The zero-order valence-electron chi connectivity index (χ0n) is 25.6. The van der Waals surface area contributed by atoms with Crippen LogP contribution in [0.15, 0.2) is 114 Å². The molecule has 0 heterocycles. The average Bonchev–Trinajstić information content (AvgIpc) is 3.01. The summed E-state index contributed by atoms with van der Waals surface area (Å²) in [6, 6.07) is 32.2. The van der Waals surface area contributed by atoms with Gasteiger partial charge in [0.25, 0.3) is 0 Å². The Hall–Kier alpha value is -4.15. The van der Waals surface area contributed by atoms with E-state index in [-0.39, 0.29) is 24.9 Å². The van der Waals surface area contributed by atoms with Gasteiger partial charge in [-0.1, -0.05) is 88.7 Å². The SMILES string of the molecule is CC(C)NC(=O)[C@H](Cc1ccccc1)N(Cc1cccc(Br)c1)C(=O)CN(c1ccc(OCc2ccccc2)cc1)S(C)(=O)=O. The largest absolute Gasteiger partial charge is 0.489 e. The van der Waals surface area contributed by atoms with Crippen molar-refractivity contribution >= 4 is 43.5 Å². The molecule has 236 valence electrons. The Bertz CT molecular complexity index is 1670. The molecule has 4 aromatic rings. The number of carbonyl (C=O) groups excluding carboxylic acids is 2. The minimum atomic E-state index is -3.88. The molecule has 0 radical (unpaired) electrons. The predicted molar refractivity (Wildman–Crippen MR) is 181 cm³/mol. The van der Waals surface area contributed by atoms with Crippen LogP contribution >= 0.6 is 15.9 Å². The van der Waals surface area contributed by atoms with E-state index in [0.717, 1.165) is 31.7 Å². The van der Waals surface area contributed by atoms with Crippen molar-refractivity contribution in [2.45, 2.75) is 45.5 Å². The summed E-state index contributed by atoms with van der Waals surface area (Å²) in [7, 11) is -3.88. The number of nitrogens with one attached hydrogen (secondary N) is 1. The summed E-state index contributed by atoms with van der Waals surface area (Å²) in [6.07, 6.45) is 1.32. The van der Waals surface area contributed by atoms with Gasteiger partial charge in [-0.05, 0) is 66.9 Å². The van der Waals surface area contributed by atoms with E-state index in [1.165, 1.54) is 4.90 Å². The first-order valence-corrected chi connectivity index (χ1v) is 17.3. The van der Waals surface area contributed by atoms with E-state index in [9.17, 15) is 18.0 Å². The molecule has 0 spiro atoms. The highest BCUT2D eigenvalue weighted by atomic mass is 79.9. The minimum Gasteiger partial charge on any atom is -0.489 e. The van der Waals surface area contributed by atoms with Gasteiger partial charge in [0.15, 0.2) is 0 Å². The molecule has 0 fully saturated rings. The maximum absolute atomic E-state index is 14.2. The van der Waals surface area contributed by atoms with Crippen molar-refractivity contribution in [3.63, 3.8) is 0 Å². The summed E-state index contributed by atoms with van der Waals surface area (Å²) in [4.78, 5) is 29.3. The molecule has 10 heteroatoms. The highest BCUT2D eigenvalue weighted by Gasteiger charge is 2.33. The lowest BCUT2D eigenvalue weighted by molar-refractivity contribution is -0.140. The molecule has 2 amide bonds. The van der Waals surface area contributed by atoms with Gasteiger partial charge in [0, 0.05) is 23.5 Å². The number of carbonyl (C=O) groups is 2. The van der Waals surface area contributed by atoms with Gasteiger partial charge >= 0.3 is 0 Å². The Morgan fingerprint density at radius 1 is 0.822 bits per heavy atom. The van der Waals surface area contributed by atoms with Crippen molar-refractivity contribution in [1.82, 2.24) is 10.2 Å². The van der Waals surface area contributed by atoms with Gasteiger partial charge in [-0.3, -0.25) is 13.9 Å². The lowest BCUT2D eigenvalue weighted by Gasteiger charge is -2.34. The van der Waals surface area contributed by atoms with Crippen molar-refractivity contribution in [2.24, 2.45) is 0 Å². The van der Waals surface area contributed by atoms with E-state index in [1.807, 2.05) is 98.8 Å². The molecular formula is C35H38BrN3O5S. The average molecular weight is 693 g/mol. The molecule has 0 aromatic heterocycles. The molecule has 45 heavy (non-hydrogen) atoms. The number of hydrogen-bond donors (Lipinski definition) is 1. The van der Waals surface area contributed by atoms with Gasteiger partial charge in [-0.15, -0.1) is 0 Å². The van der Waals surface area contributed by atoms with E-state index in [2.05, 4.69) is 21.2 Å². The Morgan fingerprint density at radius 3 is 2.00 bits per heavy atom. The molecular weight excluding hydrogens is 654 g/mol. The van der Waals surface area contributed by atoms with Crippen LogP contribution in [0.2, 0.25) is 0 Å². The van der Waals surface area contributed by atoms with Crippen LogP contribution in [0.4, 0.5) is 5.69 Å². The third-order valence-electron chi connectivity index (χ3n) is 7.00. The van der Waals surface area contributed by atoms with E-state index in [0.29, 0.717) is 18.0 Å².